The number of nitrogen functional groups attached to an aromatic ring is 1. The normalized spacial score (nSPS) is 13.8. The lowest BCUT2D eigenvalue weighted by atomic mass is 9.85. The number of nitrogens with two attached hydrogens (primary N) is 2. The summed E-state index contributed by atoms with van der Waals surface area (Å²) in [5.74, 6) is 2.21. The van der Waals surface area contributed by atoms with Crippen LogP contribution >= 0.6 is 0 Å². The van der Waals surface area contributed by atoms with E-state index in [0.29, 0.717) is 29.7 Å². The molecule has 0 atom stereocenters. The van der Waals surface area contributed by atoms with Crippen LogP contribution in [0, 0.1) is 0 Å². The zero-order chi connectivity index (χ0) is 21.4. The molecule has 0 spiro atoms. The lowest BCUT2D eigenvalue weighted by Crippen LogP contribution is -2.12. The molecule has 0 radical (unpaired) electrons. The van der Waals surface area contributed by atoms with Crippen LogP contribution in [0.3, 0.4) is 0 Å². The van der Waals surface area contributed by atoms with Gasteiger partial charge >= 0.3 is 0 Å². The maximum Gasteiger partial charge on any atom is 0.248 e. The van der Waals surface area contributed by atoms with Gasteiger partial charge in [0.15, 0.2) is 0 Å². The minimum absolute atomic E-state index is 0.325. The van der Waals surface area contributed by atoms with Gasteiger partial charge in [0.1, 0.15) is 35.2 Å². The fourth-order valence-corrected chi connectivity index (χ4v) is 3.96. The van der Waals surface area contributed by atoms with Crippen LogP contribution in [0.25, 0.3) is 16.8 Å². The number of benzene rings is 2. The number of fused-ring (bicyclic) bond motifs is 1. The molecular formula is C24H23N5O2. The second kappa shape index (κ2) is 7.75. The summed E-state index contributed by atoms with van der Waals surface area (Å²) in [6, 6.07) is 14.9. The third-order valence-electron chi connectivity index (χ3n) is 5.81. The zero-order valence-corrected chi connectivity index (χ0v) is 17.0. The van der Waals surface area contributed by atoms with Gasteiger partial charge in [-0.15, -0.1) is 0 Å². The van der Waals surface area contributed by atoms with Gasteiger partial charge in [-0.25, -0.2) is 9.97 Å². The van der Waals surface area contributed by atoms with Crippen LogP contribution in [-0.2, 0) is 6.61 Å². The van der Waals surface area contributed by atoms with E-state index in [9.17, 15) is 4.79 Å². The van der Waals surface area contributed by atoms with Gasteiger partial charge in [0.05, 0.1) is 0 Å². The van der Waals surface area contributed by atoms with E-state index in [1.54, 1.807) is 24.4 Å². The smallest absolute Gasteiger partial charge is 0.248 e. The van der Waals surface area contributed by atoms with E-state index in [4.69, 9.17) is 21.2 Å². The first-order valence-electron chi connectivity index (χ1n) is 10.3. The highest BCUT2D eigenvalue weighted by Gasteiger charge is 2.26. The van der Waals surface area contributed by atoms with Gasteiger partial charge in [-0.2, -0.15) is 0 Å². The summed E-state index contributed by atoms with van der Waals surface area (Å²) in [5.41, 5.74) is 15.5. The molecule has 4 N–H and O–H groups in total. The van der Waals surface area contributed by atoms with Crippen LogP contribution < -0.4 is 16.2 Å². The predicted octanol–water partition coefficient (Wildman–Crippen LogP) is 3.92. The second-order valence-electron chi connectivity index (χ2n) is 7.86. The van der Waals surface area contributed by atoms with E-state index < -0.39 is 5.91 Å². The molecule has 1 fully saturated rings. The molecule has 0 unspecified atom stereocenters. The summed E-state index contributed by atoms with van der Waals surface area (Å²) in [6.07, 6.45) is 7.18. The molecule has 156 valence electrons. The van der Waals surface area contributed by atoms with Gasteiger partial charge in [-0.1, -0.05) is 30.7 Å². The van der Waals surface area contributed by atoms with E-state index in [-0.39, 0.29) is 0 Å². The molecule has 0 bridgehead atoms. The first kappa shape index (κ1) is 19.1. The fourth-order valence-electron chi connectivity index (χ4n) is 3.96. The van der Waals surface area contributed by atoms with Crippen molar-refractivity contribution in [1.82, 2.24) is 14.4 Å². The molecular weight excluding hydrogens is 390 g/mol. The lowest BCUT2D eigenvalue weighted by molar-refractivity contribution is 0.1000. The van der Waals surface area contributed by atoms with Crippen LogP contribution in [0.5, 0.6) is 5.75 Å². The lowest BCUT2D eigenvalue weighted by Gasteiger charge is -2.23. The van der Waals surface area contributed by atoms with Crippen LogP contribution in [0.15, 0.2) is 60.9 Å². The summed E-state index contributed by atoms with van der Waals surface area (Å²) in [6.45, 7) is 0.325. The second-order valence-corrected chi connectivity index (χ2v) is 7.86. The SMILES string of the molecule is NC(=O)c1cccc(COc2cccc(-c3nc(C4CCC4)n4ccnc(N)c34)c2)c1. The van der Waals surface area contributed by atoms with Crippen LogP contribution in [0.1, 0.15) is 46.9 Å². The monoisotopic (exact) mass is 413 g/mol. The molecule has 0 saturated heterocycles. The summed E-state index contributed by atoms with van der Waals surface area (Å²) in [5, 5.41) is 0. The van der Waals surface area contributed by atoms with E-state index in [2.05, 4.69) is 9.38 Å². The summed E-state index contributed by atoms with van der Waals surface area (Å²) in [7, 11) is 0. The number of aromatic nitrogens is 3. The Balaban J connectivity index is 1.46. The highest BCUT2D eigenvalue weighted by Crippen LogP contribution is 2.39. The van der Waals surface area contributed by atoms with Crippen molar-refractivity contribution in [1.29, 1.82) is 0 Å². The number of carbonyl (C=O) groups excluding carboxylic acids is 1. The van der Waals surface area contributed by atoms with Crippen LogP contribution in [-0.4, -0.2) is 20.3 Å². The van der Waals surface area contributed by atoms with Gasteiger partial charge < -0.3 is 16.2 Å². The Hall–Kier alpha value is -3.87. The highest BCUT2D eigenvalue weighted by atomic mass is 16.5. The number of primary amides is 1. The molecule has 5 rings (SSSR count). The van der Waals surface area contributed by atoms with E-state index >= 15 is 0 Å². The number of anilines is 1. The first-order chi connectivity index (χ1) is 15.1. The van der Waals surface area contributed by atoms with Crippen molar-refractivity contribution in [3.05, 3.63) is 77.9 Å². The van der Waals surface area contributed by atoms with Gasteiger partial charge in [0.25, 0.3) is 0 Å². The number of hydrogen-bond donors (Lipinski definition) is 2. The first-order valence-corrected chi connectivity index (χ1v) is 10.3. The van der Waals surface area contributed by atoms with Crippen molar-refractivity contribution < 1.29 is 9.53 Å². The standard InChI is InChI=1S/C24H23N5O2/c25-22-21-20(28-24(16-5-2-6-16)29(21)11-10-27-22)17-7-3-9-19(13-17)31-14-15-4-1-8-18(12-15)23(26)30/h1,3-4,7-13,16H,2,5-6,14H2,(H2,25,27)(H2,26,30). The summed E-state index contributed by atoms with van der Waals surface area (Å²) in [4.78, 5) is 20.6. The number of rotatable bonds is 6. The molecule has 2 aromatic carbocycles. The number of ether oxygens (including phenoxy) is 1. The van der Waals surface area contributed by atoms with Gasteiger partial charge in [0, 0.05) is 29.4 Å². The Morgan fingerprint density at radius 3 is 2.77 bits per heavy atom. The van der Waals surface area contributed by atoms with Gasteiger partial charge in [-0.05, 0) is 42.7 Å². The van der Waals surface area contributed by atoms with Crippen molar-refractivity contribution >= 4 is 17.2 Å². The largest absolute Gasteiger partial charge is 0.489 e. The number of carbonyl (C=O) groups is 1. The quantitative estimate of drug-likeness (QED) is 0.498. The molecule has 1 aliphatic carbocycles. The molecule has 7 heteroatoms. The molecule has 2 aromatic heterocycles. The molecule has 1 saturated carbocycles. The third kappa shape index (κ3) is 3.59. The number of imidazole rings is 1. The van der Waals surface area contributed by atoms with Crippen molar-refractivity contribution in [2.45, 2.75) is 31.8 Å². The molecule has 0 aliphatic heterocycles. The molecule has 1 amide bonds. The number of hydrogen-bond acceptors (Lipinski definition) is 5. The van der Waals surface area contributed by atoms with Crippen molar-refractivity contribution in [2.75, 3.05) is 5.73 Å². The molecule has 2 heterocycles. The van der Waals surface area contributed by atoms with Crippen LogP contribution in [0.2, 0.25) is 0 Å². The van der Waals surface area contributed by atoms with Gasteiger partial charge in [0.2, 0.25) is 5.91 Å². The highest BCUT2D eigenvalue weighted by molar-refractivity contribution is 5.92. The maximum absolute atomic E-state index is 11.4. The van der Waals surface area contributed by atoms with E-state index in [1.807, 2.05) is 36.5 Å². The predicted molar refractivity (Wildman–Crippen MR) is 119 cm³/mol. The average Bonchev–Trinajstić information content (AvgIpc) is 3.12. The zero-order valence-electron chi connectivity index (χ0n) is 17.0. The fraction of sp³-hybridized carbons (Fsp3) is 0.208. The topological polar surface area (TPSA) is 109 Å². The van der Waals surface area contributed by atoms with Crippen molar-refractivity contribution in [3.63, 3.8) is 0 Å². The summed E-state index contributed by atoms with van der Waals surface area (Å²) < 4.78 is 8.06. The van der Waals surface area contributed by atoms with E-state index in [1.165, 1.54) is 6.42 Å². The summed E-state index contributed by atoms with van der Waals surface area (Å²) >= 11 is 0. The molecule has 4 aromatic rings. The number of amides is 1. The Morgan fingerprint density at radius 1 is 1.16 bits per heavy atom. The minimum atomic E-state index is -0.455. The van der Waals surface area contributed by atoms with Gasteiger partial charge in [-0.3, -0.25) is 9.20 Å². The Kier molecular flexibility index (Phi) is 4.78. The average molecular weight is 413 g/mol. The third-order valence-corrected chi connectivity index (χ3v) is 5.81. The number of nitrogens with zero attached hydrogens (tertiary/aromatic N) is 3. The van der Waals surface area contributed by atoms with Crippen molar-refractivity contribution in [2.24, 2.45) is 5.73 Å². The minimum Gasteiger partial charge on any atom is -0.489 e. The molecule has 31 heavy (non-hydrogen) atoms. The Bertz CT molecular complexity index is 1280. The van der Waals surface area contributed by atoms with Crippen molar-refractivity contribution in [3.8, 4) is 17.0 Å². The maximum atomic E-state index is 11.4. The molecule has 7 nitrogen and oxygen atoms in total. The Morgan fingerprint density at radius 2 is 2.00 bits per heavy atom. The van der Waals surface area contributed by atoms with Crippen LogP contribution in [0.4, 0.5) is 5.82 Å². The molecule has 1 aliphatic rings. The van der Waals surface area contributed by atoms with E-state index in [0.717, 1.165) is 41.0 Å². The Labute approximate surface area is 179 Å².